The number of aryl methyl sites for hydroxylation is 1. The number of rotatable bonds is 3. The van der Waals surface area contributed by atoms with Gasteiger partial charge in [0, 0.05) is 36.4 Å². The van der Waals surface area contributed by atoms with Crippen molar-refractivity contribution in [3.63, 3.8) is 0 Å². The quantitative estimate of drug-likeness (QED) is 0.454. The van der Waals surface area contributed by atoms with E-state index in [0.29, 0.717) is 36.9 Å². The zero-order valence-electron chi connectivity index (χ0n) is 18.1. The van der Waals surface area contributed by atoms with Crippen molar-refractivity contribution in [3.8, 4) is 11.3 Å². The second kappa shape index (κ2) is 8.53. The van der Waals surface area contributed by atoms with E-state index in [-0.39, 0.29) is 33.3 Å². The minimum atomic E-state index is -0.551. The predicted molar refractivity (Wildman–Crippen MR) is 125 cm³/mol. The van der Waals surface area contributed by atoms with Crippen molar-refractivity contribution in [2.45, 2.75) is 13.0 Å². The van der Waals surface area contributed by atoms with Crippen LogP contribution in [-0.2, 0) is 11.8 Å². The lowest BCUT2D eigenvalue weighted by molar-refractivity contribution is 0.0368. The van der Waals surface area contributed by atoms with E-state index in [1.807, 2.05) is 23.1 Å². The summed E-state index contributed by atoms with van der Waals surface area (Å²) in [4.78, 5) is 29.0. The Morgan fingerprint density at radius 1 is 1.18 bits per heavy atom. The van der Waals surface area contributed by atoms with Gasteiger partial charge in [-0.2, -0.15) is 0 Å². The molecule has 1 fully saturated rings. The normalized spacial score (nSPS) is 16.4. The second-order valence-electron chi connectivity index (χ2n) is 7.93. The molecule has 0 bridgehead atoms. The van der Waals surface area contributed by atoms with Crippen LogP contribution in [0.1, 0.15) is 17.6 Å². The first kappa shape index (κ1) is 21.5. The zero-order chi connectivity index (χ0) is 23.1. The summed E-state index contributed by atoms with van der Waals surface area (Å²) in [5.41, 5.74) is 1.45. The molecule has 1 atom stereocenters. The number of hydrogen-bond donors (Lipinski definition) is 0. The molecule has 5 rings (SSSR count). The van der Waals surface area contributed by atoms with Gasteiger partial charge in [-0.05, 0) is 37.3 Å². The van der Waals surface area contributed by atoms with Crippen molar-refractivity contribution < 1.29 is 9.13 Å². The summed E-state index contributed by atoms with van der Waals surface area (Å²) < 4.78 is 22.3. The maximum atomic E-state index is 14.9. The highest BCUT2D eigenvalue weighted by Crippen LogP contribution is 2.32. The van der Waals surface area contributed by atoms with Crippen LogP contribution in [0.2, 0.25) is 5.02 Å². The Labute approximate surface area is 194 Å². The number of nitrogens with zero attached hydrogens (tertiary/aromatic N) is 5. The van der Waals surface area contributed by atoms with Gasteiger partial charge >= 0.3 is 0 Å². The van der Waals surface area contributed by atoms with Gasteiger partial charge < -0.3 is 9.64 Å². The van der Waals surface area contributed by atoms with Crippen molar-refractivity contribution in [1.82, 2.24) is 19.5 Å². The summed E-state index contributed by atoms with van der Waals surface area (Å²) in [6, 6.07) is 11.8. The van der Waals surface area contributed by atoms with Crippen LogP contribution in [0.4, 0.5) is 10.2 Å². The van der Waals surface area contributed by atoms with Crippen LogP contribution in [0.5, 0.6) is 0 Å². The van der Waals surface area contributed by atoms with E-state index in [2.05, 4.69) is 9.97 Å². The summed E-state index contributed by atoms with van der Waals surface area (Å²) in [5, 5.41) is 0.535. The van der Waals surface area contributed by atoms with Gasteiger partial charge in [-0.1, -0.05) is 17.7 Å². The first-order chi connectivity index (χ1) is 15.9. The number of pyridine rings is 2. The minimum absolute atomic E-state index is 0.198. The lowest BCUT2D eigenvalue weighted by Gasteiger charge is -2.33. The van der Waals surface area contributed by atoms with E-state index < -0.39 is 5.82 Å². The van der Waals surface area contributed by atoms with Gasteiger partial charge in [0.2, 0.25) is 0 Å². The molecule has 3 aromatic heterocycles. The molecule has 0 saturated carbocycles. The van der Waals surface area contributed by atoms with Crippen molar-refractivity contribution in [2.24, 2.45) is 7.05 Å². The SMILES string of the molecule is Cc1nc2cc(N3CCO[C@H](c4ccccn4)C3)nc(-c3ccc(Cl)cc3F)c2c(=O)n1C. The summed E-state index contributed by atoms with van der Waals surface area (Å²) in [5.74, 6) is 0.598. The third-order valence-corrected chi connectivity index (χ3v) is 6.10. The van der Waals surface area contributed by atoms with E-state index in [9.17, 15) is 9.18 Å². The van der Waals surface area contributed by atoms with Crippen LogP contribution in [0.25, 0.3) is 22.2 Å². The third-order valence-electron chi connectivity index (χ3n) is 5.87. The molecule has 0 aliphatic carbocycles. The monoisotopic (exact) mass is 465 g/mol. The molecule has 0 unspecified atom stereocenters. The van der Waals surface area contributed by atoms with Crippen LogP contribution < -0.4 is 10.5 Å². The smallest absolute Gasteiger partial charge is 0.263 e. The number of ether oxygens (including phenoxy) is 1. The standard InChI is InChI=1S/C24H21ClFN5O2/c1-14-28-19-12-21(31-9-10-33-20(13-31)18-5-3-4-8-27-18)29-23(22(19)24(32)30(14)2)16-7-6-15(25)11-17(16)26/h3-8,11-12,20H,9-10,13H2,1-2H3/t20-/m0/s1. The molecule has 7 nitrogen and oxygen atoms in total. The Hall–Kier alpha value is -3.36. The molecule has 33 heavy (non-hydrogen) atoms. The van der Waals surface area contributed by atoms with E-state index in [4.69, 9.17) is 21.3 Å². The molecule has 0 radical (unpaired) electrons. The van der Waals surface area contributed by atoms with E-state index in [1.54, 1.807) is 38.4 Å². The van der Waals surface area contributed by atoms with E-state index in [0.717, 1.165) is 5.69 Å². The Morgan fingerprint density at radius 3 is 2.79 bits per heavy atom. The van der Waals surface area contributed by atoms with Crippen LogP contribution in [-0.4, -0.2) is 39.2 Å². The van der Waals surface area contributed by atoms with Gasteiger partial charge in [-0.3, -0.25) is 14.3 Å². The molecule has 1 aromatic carbocycles. The molecule has 4 heterocycles. The highest BCUT2D eigenvalue weighted by molar-refractivity contribution is 6.30. The molecule has 1 aliphatic rings. The van der Waals surface area contributed by atoms with Crippen molar-refractivity contribution in [2.75, 3.05) is 24.6 Å². The van der Waals surface area contributed by atoms with Gasteiger partial charge in [0.25, 0.3) is 5.56 Å². The fourth-order valence-corrected chi connectivity index (χ4v) is 4.18. The van der Waals surface area contributed by atoms with Crippen LogP contribution in [0, 0.1) is 12.7 Å². The van der Waals surface area contributed by atoms with Gasteiger partial charge in [0.1, 0.15) is 23.6 Å². The molecular formula is C24H21ClFN5O2. The predicted octanol–water partition coefficient (Wildman–Crippen LogP) is 4.07. The number of anilines is 1. The van der Waals surface area contributed by atoms with Gasteiger partial charge in [0.15, 0.2) is 0 Å². The number of hydrogen-bond acceptors (Lipinski definition) is 6. The Morgan fingerprint density at radius 2 is 2.03 bits per heavy atom. The summed E-state index contributed by atoms with van der Waals surface area (Å²) in [7, 11) is 1.64. The number of fused-ring (bicyclic) bond motifs is 1. The first-order valence-corrected chi connectivity index (χ1v) is 10.9. The van der Waals surface area contributed by atoms with Crippen LogP contribution in [0.3, 0.4) is 0 Å². The van der Waals surface area contributed by atoms with Crippen LogP contribution >= 0.6 is 11.6 Å². The number of benzene rings is 1. The van der Waals surface area contributed by atoms with Gasteiger partial charge in [-0.15, -0.1) is 0 Å². The molecule has 1 aliphatic heterocycles. The number of morpholine rings is 1. The maximum Gasteiger partial charge on any atom is 0.263 e. The van der Waals surface area contributed by atoms with Gasteiger partial charge in [-0.25, -0.2) is 14.4 Å². The number of halogens is 2. The van der Waals surface area contributed by atoms with Crippen molar-refractivity contribution >= 4 is 28.3 Å². The lowest BCUT2D eigenvalue weighted by Crippen LogP contribution is -2.39. The second-order valence-corrected chi connectivity index (χ2v) is 8.37. The molecular weight excluding hydrogens is 445 g/mol. The van der Waals surface area contributed by atoms with Crippen molar-refractivity contribution in [3.05, 3.63) is 81.4 Å². The molecule has 4 aromatic rings. The zero-order valence-corrected chi connectivity index (χ0v) is 18.9. The lowest BCUT2D eigenvalue weighted by atomic mass is 10.1. The van der Waals surface area contributed by atoms with Gasteiger partial charge in [0.05, 0.1) is 35.4 Å². The topological polar surface area (TPSA) is 73.1 Å². The largest absolute Gasteiger partial charge is 0.368 e. The number of aromatic nitrogens is 4. The molecule has 0 N–H and O–H groups in total. The third kappa shape index (κ3) is 3.96. The molecule has 1 saturated heterocycles. The minimum Gasteiger partial charge on any atom is -0.368 e. The molecule has 168 valence electrons. The maximum absolute atomic E-state index is 14.9. The van der Waals surface area contributed by atoms with Crippen molar-refractivity contribution in [1.29, 1.82) is 0 Å². The first-order valence-electron chi connectivity index (χ1n) is 10.5. The molecule has 9 heteroatoms. The fraction of sp³-hybridized carbons (Fsp3) is 0.250. The average molecular weight is 466 g/mol. The average Bonchev–Trinajstić information content (AvgIpc) is 2.82. The highest BCUT2D eigenvalue weighted by Gasteiger charge is 2.26. The van der Waals surface area contributed by atoms with E-state index in [1.165, 1.54) is 10.6 Å². The fourth-order valence-electron chi connectivity index (χ4n) is 4.02. The molecule has 0 spiro atoms. The Kier molecular flexibility index (Phi) is 5.55. The Bertz CT molecular complexity index is 1410. The molecule has 0 amide bonds. The highest BCUT2D eigenvalue weighted by atomic mass is 35.5. The van der Waals surface area contributed by atoms with Crippen LogP contribution in [0.15, 0.2) is 53.5 Å². The summed E-state index contributed by atoms with van der Waals surface area (Å²) in [6.45, 7) is 3.35. The summed E-state index contributed by atoms with van der Waals surface area (Å²) in [6.07, 6.45) is 1.50. The summed E-state index contributed by atoms with van der Waals surface area (Å²) >= 11 is 5.96. The van der Waals surface area contributed by atoms with E-state index >= 15 is 0 Å². The Balaban J connectivity index is 1.67.